The molecule has 1 rings (SSSR count). The maximum absolute atomic E-state index is 11.3. The van der Waals surface area contributed by atoms with Gasteiger partial charge in [0.25, 0.3) is 0 Å². The molecule has 0 aliphatic heterocycles. The van der Waals surface area contributed by atoms with Gasteiger partial charge in [-0.3, -0.25) is 0 Å². The summed E-state index contributed by atoms with van der Waals surface area (Å²) < 4.78 is 22.7. The first-order valence-electron chi connectivity index (χ1n) is 6.63. The van der Waals surface area contributed by atoms with E-state index in [1.54, 1.807) is 23.9 Å². The average Bonchev–Trinajstić information content (AvgIpc) is 2.38. The normalized spacial score (nSPS) is 12.0. The molecule has 5 heteroatoms. The number of nitrogens with one attached hydrogen (secondary N) is 1. The smallest absolute Gasteiger partial charge is 0.175 e. The summed E-state index contributed by atoms with van der Waals surface area (Å²) in [7, 11) is -3.08. The monoisotopic (exact) mass is 301 g/mol. The molecule has 3 nitrogen and oxygen atoms in total. The molecule has 0 radical (unpaired) electrons. The van der Waals surface area contributed by atoms with E-state index >= 15 is 0 Å². The van der Waals surface area contributed by atoms with Crippen molar-refractivity contribution in [3.63, 3.8) is 0 Å². The highest BCUT2D eigenvalue weighted by molar-refractivity contribution is 7.99. The molecule has 0 spiro atoms. The predicted octanol–water partition coefficient (Wildman–Crippen LogP) is 2.96. The summed E-state index contributed by atoms with van der Waals surface area (Å²) >= 11 is 1.75. The van der Waals surface area contributed by atoms with Crippen LogP contribution in [-0.2, 0) is 9.84 Å². The topological polar surface area (TPSA) is 46.2 Å². The second-order valence-electron chi connectivity index (χ2n) is 4.56. The quantitative estimate of drug-likeness (QED) is 0.592. The second-order valence-corrected chi connectivity index (χ2v) is 7.74. The van der Waals surface area contributed by atoms with Crippen molar-refractivity contribution in [3.8, 4) is 0 Å². The summed E-state index contributed by atoms with van der Waals surface area (Å²) in [6.07, 6.45) is 3.54. The molecule has 1 aromatic carbocycles. The first kappa shape index (κ1) is 16.5. The molecule has 0 saturated heterocycles. The number of rotatable bonds is 8. The van der Waals surface area contributed by atoms with E-state index in [1.165, 1.54) is 6.26 Å². The summed E-state index contributed by atoms with van der Waals surface area (Å²) in [6.45, 7) is 5.36. The third kappa shape index (κ3) is 5.97. The summed E-state index contributed by atoms with van der Waals surface area (Å²) in [5, 5.41) is 3.51. The number of sulfone groups is 1. The predicted molar refractivity (Wildman–Crippen MR) is 82.6 cm³/mol. The van der Waals surface area contributed by atoms with Crippen LogP contribution in [0, 0.1) is 0 Å². The Labute approximate surface area is 121 Å². The Bertz CT molecular complexity index is 465. The highest BCUT2D eigenvalue weighted by Gasteiger charge is 2.06. The molecule has 0 aliphatic carbocycles. The van der Waals surface area contributed by atoms with E-state index < -0.39 is 9.84 Å². The molecule has 0 aromatic heterocycles. The van der Waals surface area contributed by atoms with E-state index in [0.29, 0.717) is 10.9 Å². The van der Waals surface area contributed by atoms with Gasteiger partial charge in [0.05, 0.1) is 4.90 Å². The van der Waals surface area contributed by atoms with Gasteiger partial charge in [0, 0.05) is 29.5 Å². The lowest BCUT2D eigenvalue weighted by atomic mass is 10.2. The molecule has 0 heterocycles. The molecule has 0 bridgehead atoms. The van der Waals surface area contributed by atoms with E-state index in [4.69, 9.17) is 0 Å². The first-order chi connectivity index (χ1) is 8.97. The van der Waals surface area contributed by atoms with Crippen molar-refractivity contribution >= 4 is 21.6 Å². The average molecular weight is 301 g/mol. The van der Waals surface area contributed by atoms with E-state index in [1.807, 2.05) is 12.1 Å². The molecule has 0 unspecified atom stereocenters. The Kier molecular flexibility index (Phi) is 6.89. The van der Waals surface area contributed by atoms with Crippen LogP contribution in [0.2, 0.25) is 0 Å². The van der Waals surface area contributed by atoms with Crippen LogP contribution in [0.4, 0.5) is 0 Å². The molecule has 0 atom stereocenters. The van der Waals surface area contributed by atoms with Crippen LogP contribution in [0.5, 0.6) is 0 Å². The Morgan fingerprint density at radius 1 is 1.16 bits per heavy atom. The minimum Gasteiger partial charge on any atom is -0.313 e. The largest absolute Gasteiger partial charge is 0.313 e. The number of thioether (sulfide) groups is 1. The zero-order valence-corrected chi connectivity index (χ0v) is 13.5. The van der Waals surface area contributed by atoms with Crippen molar-refractivity contribution < 1.29 is 8.42 Å². The third-order valence-electron chi connectivity index (χ3n) is 3.04. The second kappa shape index (κ2) is 7.92. The number of benzene rings is 1. The van der Waals surface area contributed by atoms with Crippen LogP contribution < -0.4 is 5.32 Å². The summed E-state index contributed by atoms with van der Waals surface area (Å²) in [5.41, 5.74) is 0. The van der Waals surface area contributed by atoms with Gasteiger partial charge < -0.3 is 5.32 Å². The lowest BCUT2D eigenvalue weighted by Gasteiger charge is -2.14. The lowest BCUT2D eigenvalue weighted by molar-refractivity contribution is 0.501. The van der Waals surface area contributed by atoms with Gasteiger partial charge >= 0.3 is 0 Å². The van der Waals surface area contributed by atoms with Gasteiger partial charge in [0.15, 0.2) is 9.84 Å². The van der Waals surface area contributed by atoms with Crippen LogP contribution in [0.25, 0.3) is 0 Å². The van der Waals surface area contributed by atoms with Gasteiger partial charge in [-0.1, -0.05) is 13.8 Å². The van der Waals surface area contributed by atoms with Gasteiger partial charge in [0.2, 0.25) is 0 Å². The van der Waals surface area contributed by atoms with Crippen LogP contribution in [-0.4, -0.2) is 33.0 Å². The first-order valence-corrected chi connectivity index (χ1v) is 9.51. The van der Waals surface area contributed by atoms with E-state index in [-0.39, 0.29) is 0 Å². The van der Waals surface area contributed by atoms with Gasteiger partial charge in [-0.15, -0.1) is 11.8 Å². The third-order valence-corrected chi connectivity index (χ3v) is 5.18. The SMILES string of the molecule is CCC(CC)NCCSc1ccc(S(C)(=O)=O)cc1. The molecule has 1 N–H and O–H groups in total. The Hall–Kier alpha value is -0.520. The minimum absolute atomic E-state index is 0.381. The summed E-state index contributed by atoms with van der Waals surface area (Å²) in [5.74, 6) is 0.995. The highest BCUT2D eigenvalue weighted by Crippen LogP contribution is 2.19. The molecular formula is C14H23NO2S2. The summed E-state index contributed by atoms with van der Waals surface area (Å²) in [6, 6.07) is 7.70. The fraction of sp³-hybridized carbons (Fsp3) is 0.571. The number of hydrogen-bond donors (Lipinski definition) is 1. The fourth-order valence-corrected chi connectivity index (χ4v) is 3.21. The van der Waals surface area contributed by atoms with E-state index in [9.17, 15) is 8.42 Å². The molecule has 0 aliphatic rings. The molecule has 108 valence electrons. The maximum Gasteiger partial charge on any atom is 0.175 e. The van der Waals surface area contributed by atoms with Crippen molar-refractivity contribution in [2.75, 3.05) is 18.6 Å². The zero-order valence-electron chi connectivity index (χ0n) is 11.8. The fourth-order valence-electron chi connectivity index (χ4n) is 1.79. The Morgan fingerprint density at radius 2 is 1.74 bits per heavy atom. The van der Waals surface area contributed by atoms with Crippen molar-refractivity contribution in [3.05, 3.63) is 24.3 Å². The Morgan fingerprint density at radius 3 is 2.21 bits per heavy atom. The minimum atomic E-state index is -3.08. The van der Waals surface area contributed by atoms with Crippen LogP contribution in [0.1, 0.15) is 26.7 Å². The zero-order chi connectivity index (χ0) is 14.3. The lowest BCUT2D eigenvalue weighted by Crippen LogP contribution is -2.29. The molecule has 0 saturated carbocycles. The number of hydrogen-bond acceptors (Lipinski definition) is 4. The van der Waals surface area contributed by atoms with Crippen molar-refractivity contribution in [1.29, 1.82) is 0 Å². The van der Waals surface area contributed by atoms with E-state index in [2.05, 4.69) is 19.2 Å². The standard InChI is InChI=1S/C14H23NO2S2/c1-4-12(5-2)15-10-11-18-13-6-8-14(9-7-13)19(3,16)17/h6-9,12,15H,4-5,10-11H2,1-3H3. The maximum atomic E-state index is 11.3. The molecule has 0 fully saturated rings. The van der Waals surface area contributed by atoms with Gasteiger partial charge in [-0.2, -0.15) is 0 Å². The molecule has 1 aromatic rings. The van der Waals surface area contributed by atoms with Gasteiger partial charge in [0.1, 0.15) is 0 Å². The van der Waals surface area contributed by atoms with Gasteiger partial charge in [-0.25, -0.2) is 8.42 Å². The Balaban J connectivity index is 2.38. The van der Waals surface area contributed by atoms with Crippen molar-refractivity contribution in [2.45, 2.75) is 42.5 Å². The van der Waals surface area contributed by atoms with Crippen molar-refractivity contribution in [2.24, 2.45) is 0 Å². The van der Waals surface area contributed by atoms with Crippen LogP contribution in [0.15, 0.2) is 34.1 Å². The van der Waals surface area contributed by atoms with E-state index in [0.717, 1.165) is 30.0 Å². The summed E-state index contributed by atoms with van der Waals surface area (Å²) in [4.78, 5) is 1.49. The molecular weight excluding hydrogens is 278 g/mol. The van der Waals surface area contributed by atoms with Gasteiger partial charge in [-0.05, 0) is 37.1 Å². The molecule has 0 amide bonds. The molecule has 19 heavy (non-hydrogen) atoms. The van der Waals surface area contributed by atoms with Crippen LogP contribution in [0.3, 0.4) is 0 Å². The van der Waals surface area contributed by atoms with Crippen molar-refractivity contribution in [1.82, 2.24) is 5.32 Å². The highest BCUT2D eigenvalue weighted by atomic mass is 32.2. The van der Waals surface area contributed by atoms with Crippen LogP contribution >= 0.6 is 11.8 Å².